The minimum atomic E-state index is -2.65. The molecule has 7 rings (SSSR count). The smallest absolute Gasteiger partial charge is 0.261 e. The Morgan fingerprint density at radius 3 is 2.66 bits per heavy atom. The number of rotatable bonds is 6. The Kier molecular flexibility index (Phi) is 5.93. The number of nitrogens with one attached hydrogen (secondary N) is 2. The molecule has 1 aromatic carbocycles. The second-order valence-corrected chi connectivity index (χ2v) is 10.1. The molecular weight excluding hydrogens is 533 g/mol. The van der Waals surface area contributed by atoms with Gasteiger partial charge in [-0.3, -0.25) is 20.0 Å². The van der Waals surface area contributed by atoms with Crippen LogP contribution in [-0.4, -0.2) is 66.1 Å². The third kappa shape index (κ3) is 4.76. The van der Waals surface area contributed by atoms with Gasteiger partial charge in [0.2, 0.25) is 0 Å². The predicted octanol–water partition coefficient (Wildman–Crippen LogP) is 5.61. The molecule has 0 bridgehead atoms. The molecule has 12 heteroatoms. The van der Waals surface area contributed by atoms with Crippen LogP contribution in [0.4, 0.5) is 13.2 Å². The fourth-order valence-electron chi connectivity index (χ4n) is 5.23. The third-order valence-electron chi connectivity index (χ3n) is 7.19. The van der Waals surface area contributed by atoms with Crippen LogP contribution in [0.3, 0.4) is 0 Å². The molecule has 1 saturated heterocycles. The van der Waals surface area contributed by atoms with Crippen molar-refractivity contribution in [2.75, 3.05) is 20.2 Å². The molecule has 0 amide bonds. The van der Waals surface area contributed by atoms with E-state index in [1.807, 2.05) is 18.2 Å². The average Bonchev–Trinajstić information content (AvgIpc) is 3.68. The lowest BCUT2D eigenvalue weighted by molar-refractivity contribution is 0.0115. The normalized spacial score (nSPS) is 15.2. The third-order valence-corrected chi connectivity index (χ3v) is 7.19. The highest BCUT2D eigenvalue weighted by Crippen LogP contribution is 2.33. The maximum absolute atomic E-state index is 14.3. The van der Waals surface area contributed by atoms with Gasteiger partial charge in [-0.15, -0.1) is 0 Å². The van der Waals surface area contributed by atoms with E-state index in [4.69, 9.17) is 14.7 Å². The number of hydrogen-bond donors (Lipinski definition) is 2. The number of benzene rings is 1. The number of aromatic nitrogens is 7. The van der Waals surface area contributed by atoms with Crippen LogP contribution in [0.15, 0.2) is 61.2 Å². The molecule has 1 fully saturated rings. The Morgan fingerprint density at radius 2 is 1.83 bits per heavy atom. The second kappa shape index (κ2) is 9.66. The van der Waals surface area contributed by atoms with Crippen LogP contribution in [0, 0.1) is 5.82 Å². The number of aromatic amines is 2. The fraction of sp³-hybridized carbons (Fsp3) is 0.207. The van der Waals surface area contributed by atoms with Gasteiger partial charge in [0.25, 0.3) is 5.92 Å². The summed E-state index contributed by atoms with van der Waals surface area (Å²) in [6.45, 7) is 0.491. The lowest BCUT2D eigenvalue weighted by Gasteiger charge is -2.15. The number of alkyl halides is 2. The first-order chi connectivity index (χ1) is 19.8. The molecule has 0 radical (unpaired) electrons. The van der Waals surface area contributed by atoms with Gasteiger partial charge in [0.05, 0.1) is 42.1 Å². The molecule has 1 aliphatic rings. The number of likely N-dealkylation sites (tertiary alicyclic amines) is 1. The van der Waals surface area contributed by atoms with Gasteiger partial charge in [-0.1, -0.05) is 0 Å². The van der Waals surface area contributed by atoms with Gasteiger partial charge in [0.15, 0.2) is 11.5 Å². The van der Waals surface area contributed by atoms with E-state index >= 15 is 0 Å². The molecule has 0 aliphatic carbocycles. The molecule has 1 aliphatic heterocycles. The molecule has 0 unspecified atom stereocenters. The van der Waals surface area contributed by atoms with Crippen molar-refractivity contribution in [3.63, 3.8) is 0 Å². The Hall–Kier alpha value is -4.84. The van der Waals surface area contributed by atoms with Crippen LogP contribution in [0.25, 0.3) is 56.0 Å². The standard InChI is InChI=1S/C29H23F3N8O/c1-41-20-8-17(7-19(30)9-20)21-12-34-13-24-25(21)37-28(36-24)27-26-23(38-39-27)3-2-22(35-26)18-6-16(10-33-11-18)14-40-5-4-29(31,32)15-40/h2-3,6-13H,4-5,14-15H2,1H3,(H,36,37)(H,38,39). The molecule has 41 heavy (non-hydrogen) atoms. The summed E-state index contributed by atoms with van der Waals surface area (Å²) in [7, 11) is 1.48. The lowest BCUT2D eigenvalue weighted by Crippen LogP contribution is -2.24. The van der Waals surface area contributed by atoms with Gasteiger partial charge in [-0.2, -0.15) is 5.10 Å². The first-order valence-electron chi connectivity index (χ1n) is 12.9. The van der Waals surface area contributed by atoms with Crippen molar-refractivity contribution in [2.24, 2.45) is 0 Å². The fourth-order valence-corrected chi connectivity index (χ4v) is 5.23. The van der Waals surface area contributed by atoms with Crippen molar-refractivity contribution in [3.05, 3.63) is 72.6 Å². The summed E-state index contributed by atoms with van der Waals surface area (Å²) in [6.07, 6.45) is 6.53. The summed E-state index contributed by atoms with van der Waals surface area (Å²) in [4.78, 5) is 23.3. The van der Waals surface area contributed by atoms with E-state index < -0.39 is 11.7 Å². The van der Waals surface area contributed by atoms with E-state index in [-0.39, 0.29) is 13.0 Å². The molecule has 6 heterocycles. The molecule has 0 spiro atoms. The van der Waals surface area contributed by atoms with Crippen LogP contribution >= 0.6 is 0 Å². The van der Waals surface area contributed by atoms with Crippen LogP contribution in [0.2, 0.25) is 0 Å². The first kappa shape index (κ1) is 25.1. The van der Waals surface area contributed by atoms with Crippen LogP contribution < -0.4 is 4.74 Å². The monoisotopic (exact) mass is 556 g/mol. The highest BCUT2D eigenvalue weighted by Gasteiger charge is 2.37. The lowest BCUT2D eigenvalue weighted by atomic mass is 10.1. The van der Waals surface area contributed by atoms with Gasteiger partial charge in [-0.25, -0.2) is 23.1 Å². The number of hydrogen-bond acceptors (Lipinski definition) is 7. The summed E-state index contributed by atoms with van der Waals surface area (Å²) in [5.74, 6) is -2.22. The number of halogens is 3. The van der Waals surface area contributed by atoms with Crippen molar-refractivity contribution in [3.8, 4) is 39.7 Å². The summed E-state index contributed by atoms with van der Waals surface area (Å²) < 4.78 is 46.8. The number of H-pyrrole nitrogens is 2. The number of methoxy groups -OCH3 is 1. The minimum absolute atomic E-state index is 0.128. The molecule has 206 valence electrons. The van der Waals surface area contributed by atoms with E-state index in [0.29, 0.717) is 69.2 Å². The van der Waals surface area contributed by atoms with Crippen LogP contribution in [-0.2, 0) is 6.54 Å². The Balaban J connectivity index is 1.25. The van der Waals surface area contributed by atoms with E-state index in [2.05, 4.69) is 25.1 Å². The van der Waals surface area contributed by atoms with E-state index in [1.165, 1.54) is 19.2 Å². The summed E-state index contributed by atoms with van der Waals surface area (Å²) in [6, 6.07) is 10.1. The predicted molar refractivity (Wildman–Crippen MR) is 147 cm³/mol. The van der Waals surface area contributed by atoms with Gasteiger partial charge in [-0.05, 0) is 41.5 Å². The van der Waals surface area contributed by atoms with Gasteiger partial charge in [0.1, 0.15) is 17.1 Å². The first-order valence-corrected chi connectivity index (χ1v) is 12.9. The zero-order valence-electron chi connectivity index (χ0n) is 21.8. The maximum atomic E-state index is 14.3. The van der Waals surface area contributed by atoms with E-state index in [1.54, 1.807) is 35.8 Å². The largest absolute Gasteiger partial charge is 0.497 e. The van der Waals surface area contributed by atoms with Crippen molar-refractivity contribution in [1.29, 1.82) is 0 Å². The number of fused-ring (bicyclic) bond motifs is 2. The number of nitrogens with zero attached hydrogens (tertiary/aromatic N) is 6. The molecule has 2 N–H and O–H groups in total. The summed E-state index contributed by atoms with van der Waals surface area (Å²) >= 11 is 0. The quantitative estimate of drug-likeness (QED) is 0.274. The summed E-state index contributed by atoms with van der Waals surface area (Å²) in [5, 5.41) is 7.46. The molecule has 6 aromatic rings. The average molecular weight is 557 g/mol. The maximum Gasteiger partial charge on any atom is 0.261 e. The van der Waals surface area contributed by atoms with Crippen LogP contribution in [0.5, 0.6) is 5.75 Å². The molecule has 9 nitrogen and oxygen atoms in total. The van der Waals surface area contributed by atoms with Crippen molar-refractivity contribution < 1.29 is 17.9 Å². The van der Waals surface area contributed by atoms with E-state index in [9.17, 15) is 13.2 Å². The van der Waals surface area contributed by atoms with Crippen LogP contribution in [0.1, 0.15) is 12.0 Å². The Bertz CT molecular complexity index is 1920. The summed E-state index contributed by atoms with van der Waals surface area (Å²) in [5.41, 5.74) is 6.52. The SMILES string of the molecule is COc1cc(F)cc(-c2cncc3[nH]c(-c4n[nH]c5ccc(-c6cncc(CN7CCC(F)(F)C7)c6)nc45)nc23)c1. The molecule has 0 saturated carbocycles. The topological polar surface area (TPSA) is 108 Å². The highest BCUT2D eigenvalue weighted by atomic mass is 19.3. The molecule has 0 atom stereocenters. The Labute approximate surface area is 231 Å². The van der Waals surface area contributed by atoms with Crippen molar-refractivity contribution >= 4 is 22.1 Å². The number of pyridine rings is 3. The highest BCUT2D eigenvalue weighted by molar-refractivity contribution is 5.96. The van der Waals surface area contributed by atoms with E-state index in [0.717, 1.165) is 11.1 Å². The van der Waals surface area contributed by atoms with Gasteiger partial charge in [0, 0.05) is 55.3 Å². The van der Waals surface area contributed by atoms with Crippen molar-refractivity contribution in [1.82, 2.24) is 40.0 Å². The zero-order valence-corrected chi connectivity index (χ0v) is 21.8. The van der Waals surface area contributed by atoms with Crippen molar-refractivity contribution in [2.45, 2.75) is 18.9 Å². The second-order valence-electron chi connectivity index (χ2n) is 10.1. The Morgan fingerprint density at radius 1 is 0.951 bits per heavy atom. The number of imidazole rings is 1. The van der Waals surface area contributed by atoms with Gasteiger partial charge >= 0.3 is 0 Å². The zero-order chi connectivity index (χ0) is 28.1. The number of ether oxygens (including phenoxy) is 1. The minimum Gasteiger partial charge on any atom is -0.497 e. The van der Waals surface area contributed by atoms with Gasteiger partial charge < -0.3 is 9.72 Å². The molecule has 5 aromatic heterocycles. The molecular formula is C29H23F3N8O.